The Morgan fingerprint density at radius 2 is 1.46 bits per heavy atom. The summed E-state index contributed by atoms with van der Waals surface area (Å²) in [6, 6.07) is 17.4. The zero-order valence-electron chi connectivity index (χ0n) is 18.4. The van der Waals surface area contributed by atoms with E-state index >= 15 is 0 Å². The van der Waals surface area contributed by atoms with Crippen LogP contribution in [0.5, 0.6) is 5.75 Å². The topological polar surface area (TPSA) is 21.3 Å². The predicted octanol–water partition coefficient (Wildman–Crippen LogP) is 7.01. The van der Waals surface area contributed by atoms with Gasteiger partial charge in [0, 0.05) is 13.1 Å². The molecule has 0 heterocycles. The lowest BCUT2D eigenvalue weighted by Gasteiger charge is -2.19. The van der Waals surface area contributed by atoms with E-state index in [1.807, 2.05) is 0 Å². The maximum atomic E-state index is 5.94. The van der Waals surface area contributed by atoms with Crippen LogP contribution < -0.4 is 10.1 Å². The molecule has 0 radical (unpaired) electrons. The molecular weight excluding hydrogens is 342 g/mol. The third-order valence-corrected chi connectivity index (χ3v) is 5.14. The summed E-state index contributed by atoms with van der Waals surface area (Å²) in [5.41, 5.74) is 4.18. The minimum absolute atomic E-state index is 0.210. The minimum Gasteiger partial charge on any atom is -0.494 e. The Morgan fingerprint density at radius 3 is 2.18 bits per heavy atom. The van der Waals surface area contributed by atoms with Gasteiger partial charge in [0.05, 0.1) is 6.61 Å². The van der Waals surface area contributed by atoms with Crippen LogP contribution in [-0.2, 0) is 18.5 Å². The first-order valence-corrected chi connectivity index (χ1v) is 11.0. The van der Waals surface area contributed by atoms with Gasteiger partial charge >= 0.3 is 0 Å². The summed E-state index contributed by atoms with van der Waals surface area (Å²) in [6.45, 7) is 11.6. The lowest BCUT2D eigenvalue weighted by molar-refractivity contribution is 0.304. The highest BCUT2D eigenvalue weighted by atomic mass is 16.5. The summed E-state index contributed by atoms with van der Waals surface area (Å²) in [5, 5.41) is 3.54. The summed E-state index contributed by atoms with van der Waals surface area (Å²) in [6.07, 6.45) is 7.77. The maximum absolute atomic E-state index is 5.94. The van der Waals surface area contributed by atoms with Gasteiger partial charge < -0.3 is 10.1 Å². The van der Waals surface area contributed by atoms with E-state index in [1.165, 1.54) is 48.8 Å². The van der Waals surface area contributed by atoms with Crippen LogP contribution >= 0.6 is 0 Å². The standard InChI is InChI=1S/C26H39NO/c1-5-6-7-8-9-10-18-28-25-13-11-12-23(19-25)21-27-20-22-14-16-24(17-15-22)26(2,3)4/h11-17,19,27H,5-10,18,20-21H2,1-4H3. The number of ether oxygens (including phenoxy) is 1. The van der Waals surface area contributed by atoms with Gasteiger partial charge in [-0.15, -0.1) is 0 Å². The van der Waals surface area contributed by atoms with E-state index in [0.717, 1.165) is 31.9 Å². The second-order valence-electron chi connectivity index (χ2n) is 8.81. The summed E-state index contributed by atoms with van der Waals surface area (Å²) < 4.78 is 5.94. The van der Waals surface area contributed by atoms with Crippen LogP contribution in [0.4, 0.5) is 0 Å². The van der Waals surface area contributed by atoms with Gasteiger partial charge in [-0.3, -0.25) is 0 Å². The molecule has 0 aliphatic heterocycles. The summed E-state index contributed by atoms with van der Waals surface area (Å²) >= 11 is 0. The van der Waals surface area contributed by atoms with E-state index in [0.29, 0.717) is 0 Å². The van der Waals surface area contributed by atoms with E-state index in [2.05, 4.69) is 81.5 Å². The Bertz CT molecular complexity index is 670. The van der Waals surface area contributed by atoms with E-state index < -0.39 is 0 Å². The highest BCUT2D eigenvalue weighted by Crippen LogP contribution is 2.22. The fourth-order valence-electron chi connectivity index (χ4n) is 3.29. The van der Waals surface area contributed by atoms with Crippen molar-refractivity contribution in [1.82, 2.24) is 5.32 Å². The average molecular weight is 382 g/mol. The van der Waals surface area contributed by atoms with Gasteiger partial charge in [0.1, 0.15) is 5.75 Å². The van der Waals surface area contributed by atoms with Crippen molar-refractivity contribution in [3.05, 3.63) is 65.2 Å². The van der Waals surface area contributed by atoms with Gasteiger partial charge in [-0.1, -0.05) is 96.2 Å². The molecule has 0 aliphatic rings. The van der Waals surface area contributed by atoms with Crippen LogP contribution in [-0.4, -0.2) is 6.61 Å². The number of rotatable bonds is 12. The van der Waals surface area contributed by atoms with E-state index in [1.54, 1.807) is 0 Å². The van der Waals surface area contributed by atoms with Gasteiger partial charge in [-0.2, -0.15) is 0 Å². The van der Waals surface area contributed by atoms with Gasteiger partial charge in [0.15, 0.2) is 0 Å². The van der Waals surface area contributed by atoms with Crippen molar-refractivity contribution >= 4 is 0 Å². The first-order chi connectivity index (χ1) is 13.5. The molecule has 0 amide bonds. The molecule has 0 saturated heterocycles. The molecule has 2 nitrogen and oxygen atoms in total. The van der Waals surface area contributed by atoms with Gasteiger partial charge in [0.25, 0.3) is 0 Å². The molecule has 0 bridgehead atoms. The Morgan fingerprint density at radius 1 is 0.786 bits per heavy atom. The van der Waals surface area contributed by atoms with Crippen molar-refractivity contribution < 1.29 is 4.74 Å². The smallest absolute Gasteiger partial charge is 0.119 e. The van der Waals surface area contributed by atoms with Crippen LogP contribution in [0.1, 0.15) is 82.9 Å². The van der Waals surface area contributed by atoms with Crippen molar-refractivity contribution in [3.63, 3.8) is 0 Å². The molecule has 0 spiro atoms. The van der Waals surface area contributed by atoms with Crippen LogP contribution in [0.25, 0.3) is 0 Å². The number of hydrogen-bond donors (Lipinski definition) is 1. The predicted molar refractivity (Wildman–Crippen MR) is 121 cm³/mol. The van der Waals surface area contributed by atoms with Crippen molar-refractivity contribution in [3.8, 4) is 5.75 Å². The third-order valence-electron chi connectivity index (χ3n) is 5.14. The molecule has 0 saturated carbocycles. The Hall–Kier alpha value is -1.80. The molecule has 0 aliphatic carbocycles. The quantitative estimate of drug-likeness (QED) is 0.399. The summed E-state index contributed by atoms with van der Waals surface area (Å²) in [7, 11) is 0. The molecule has 28 heavy (non-hydrogen) atoms. The van der Waals surface area contributed by atoms with Crippen molar-refractivity contribution in [2.75, 3.05) is 6.61 Å². The second-order valence-corrected chi connectivity index (χ2v) is 8.81. The second kappa shape index (κ2) is 11.9. The Balaban J connectivity index is 1.69. The number of benzene rings is 2. The molecular formula is C26H39NO. The van der Waals surface area contributed by atoms with Crippen LogP contribution in [0.2, 0.25) is 0 Å². The maximum Gasteiger partial charge on any atom is 0.119 e. The Labute approximate surface area is 172 Å². The summed E-state index contributed by atoms with van der Waals surface area (Å²) in [4.78, 5) is 0. The molecule has 0 unspecified atom stereocenters. The number of hydrogen-bond acceptors (Lipinski definition) is 2. The molecule has 2 rings (SSSR count). The number of nitrogens with one attached hydrogen (secondary N) is 1. The molecule has 2 aromatic rings. The van der Waals surface area contributed by atoms with Crippen LogP contribution in [0.3, 0.4) is 0 Å². The lowest BCUT2D eigenvalue weighted by atomic mass is 9.87. The lowest BCUT2D eigenvalue weighted by Crippen LogP contribution is -2.14. The normalized spacial score (nSPS) is 11.6. The largest absolute Gasteiger partial charge is 0.494 e. The van der Waals surface area contributed by atoms with Crippen molar-refractivity contribution in [2.24, 2.45) is 0 Å². The number of unbranched alkanes of at least 4 members (excludes halogenated alkanes) is 5. The third kappa shape index (κ3) is 8.48. The molecule has 154 valence electrons. The van der Waals surface area contributed by atoms with E-state index in [4.69, 9.17) is 4.74 Å². The van der Waals surface area contributed by atoms with Gasteiger partial charge in [0.2, 0.25) is 0 Å². The monoisotopic (exact) mass is 381 g/mol. The highest BCUT2D eigenvalue weighted by molar-refractivity contribution is 5.29. The fraction of sp³-hybridized carbons (Fsp3) is 0.538. The van der Waals surface area contributed by atoms with Gasteiger partial charge in [-0.25, -0.2) is 0 Å². The molecule has 2 heteroatoms. The first-order valence-electron chi connectivity index (χ1n) is 11.0. The molecule has 0 aromatic heterocycles. The van der Waals surface area contributed by atoms with E-state index in [-0.39, 0.29) is 5.41 Å². The zero-order valence-corrected chi connectivity index (χ0v) is 18.4. The van der Waals surface area contributed by atoms with Crippen LogP contribution in [0, 0.1) is 0 Å². The van der Waals surface area contributed by atoms with Crippen molar-refractivity contribution in [1.29, 1.82) is 0 Å². The fourth-order valence-corrected chi connectivity index (χ4v) is 3.29. The highest BCUT2D eigenvalue weighted by Gasteiger charge is 2.12. The summed E-state index contributed by atoms with van der Waals surface area (Å²) in [5.74, 6) is 0.988. The van der Waals surface area contributed by atoms with Gasteiger partial charge in [-0.05, 0) is 40.7 Å². The zero-order chi connectivity index (χ0) is 20.2. The molecule has 2 aromatic carbocycles. The SMILES string of the molecule is CCCCCCCCOc1cccc(CNCc2ccc(C(C)(C)C)cc2)c1. The van der Waals surface area contributed by atoms with Crippen LogP contribution in [0.15, 0.2) is 48.5 Å². The average Bonchev–Trinajstić information content (AvgIpc) is 2.67. The first kappa shape index (κ1) is 22.5. The van der Waals surface area contributed by atoms with Crippen molar-refractivity contribution in [2.45, 2.75) is 84.7 Å². The molecule has 1 N–H and O–H groups in total. The van der Waals surface area contributed by atoms with E-state index in [9.17, 15) is 0 Å². The minimum atomic E-state index is 0.210. The molecule has 0 fully saturated rings. The molecule has 0 atom stereocenters. The Kier molecular flexibility index (Phi) is 9.57.